The summed E-state index contributed by atoms with van der Waals surface area (Å²) in [5.41, 5.74) is -0.729. The Labute approximate surface area is 211 Å². The van der Waals surface area contributed by atoms with Crippen molar-refractivity contribution in [3.63, 3.8) is 0 Å². The highest BCUT2D eigenvalue weighted by Gasteiger charge is 2.52. The molecule has 0 aromatic rings. The lowest BCUT2D eigenvalue weighted by atomic mass is 9.99. The number of unbranched alkanes of at least 4 members (excludes halogenated alkanes) is 4. The van der Waals surface area contributed by atoms with Gasteiger partial charge >= 0.3 is 23.9 Å². The number of esters is 4. The van der Waals surface area contributed by atoms with Gasteiger partial charge in [-0.25, -0.2) is 0 Å². The van der Waals surface area contributed by atoms with E-state index in [1.807, 2.05) is 0 Å². The minimum absolute atomic E-state index is 0.226. The van der Waals surface area contributed by atoms with Gasteiger partial charge in [-0.1, -0.05) is 25.2 Å². The highest BCUT2D eigenvalue weighted by Crippen LogP contribution is 2.34. The number of hydrogen-bond donors (Lipinski definition) is 0. The van der Waals surface area contributed by atoms with E-state index in [1.54, 1.807) is 0 Å². The van der Waals surface area contributed by atoms with E-state index in [4.69, 9.17) is 34.8 Å². The molecule has 0 radical (unpaired) electrons. The molecule has 10 nitrogen and oxygen atoms in total. The van der Waals surface area contributed by atoms with E-state index in [0.717, 1.165) is 32.1 Å². The van der Waals surface area contributed by atoms with Crippen molar-refractivity contribution in [1.29, 1.82) is 0 Å². The second kappa shape index (κ2) is 17.2. The maximum absolute atomic E-state index is 11.8. The average molecular weight is 517 g/mol. The fourth-order valence-electron chi connectivity index (χ4n) is 3.49. The van der Waals surface area contributed by atoms with Gasteiger partial charge < -0.3 is 28.4 Å². The summed E-state index contributed by atoms with van der Waals surface area (Å²) in [7, 11) is 0. The van der Waals surface area contributed by atoms with Crippen LogP contribution in [0.2, 0.25) is 0 Å². The largest absolute Gasteiger partial charge is 0.463 e. The van der Waals surface area contributed by atoms with E-state index in [1.165, 1.54) is 39.5 Å². The van der Waals surface area contributed by atoms with E-state index < -0.39 is 53.7 Å². The quantitative estimate of drug-likeness (QED) is 0.138. The summed E-state index contributed by atoms with van der Waals surface area (Å²) in [6.07, 6.45) is 5.78. The third-order valence-electron chi connectivity index (χ3n) is 4.85. The summed E-state index contributed by atoms with van der Waals surface area (Å²) >= 11 is 1.39. The summed E-state index contributed by atoms with van der Waals surface area (Å²) in [5, 5.41) is 0. The fraction of sp³-hybridized carbons (Fsp3) is 0.750. The average Bonchev–Trinajstić information content (AvgIpc) is 2.76. The standard InChI is InChI=1S/C24H36O10S/c1-6-12-29-13-10-8-7-9-11-14-35-24-23(33-19(5)28)22(32-18(4)27)21(31-17(3)26)20(34-24)15-30-16(2)25/h1,20-24H,7-15H2,2-5H3/t20-,21-,22+,23+,24-/m1/s1. The van der Waals surface area contributed by atoms with Crippen LogP contribution in [0.25, 0.3) is 0 Å². The number of hydrogen-bond acceptors (Lipinski definition) is 11. The van der Waals surface area contributed by atoms with Crippen LogP contribution in [0.1, 0.15) is 59.8 Å². The summed E-state index contributed by atoms with van der Waals surface area (Å²) in [4.78, 5) is 46.8. The third kappa shape index (κ3) is 12.8. The minimum Gasteiger partial charge on any atom is -0.463 e. The Morgan fingerprint density at radius 3 is 1.97 bits per heavy atom. The van der Waals surface area contributed by atoms with Gasteiger partial charge in [-0.3, -0.25) is 19.2 Å². The SMILES string of the molecule is C#CCOCCCCCCCS[C@H]1O[C@H](COC(C)=O)[C@@H](OC(C)=O)[C@H](OC(C)=O)[C@@H]1OC(C)=O. The van der Waals surface area contributed by atoms with E-state index >= 15 is 0 Å². The zero-order valence-corrected chi connectivity index (χ0v) is 21.6. The molecule has 1 aliphatic rings. The van der Waals surface area contributed by atoms with Gasteiger partial charge in [-0.05, 0) is 18.6 Å². The van der Waals surface area contributed by atoms with E-state index in [9.17, 15) is 19.2 Å². The molecule has 0 aliphatic carbocycles. The summed E-state index contributed by atoms with van der Waals surface area (Å²) in [6, 6.07) is 0. The Hall–Kier alpha value is -2.29. The zero-order valence-electron chi connectivity index (χ0n) is 20.8. The molecule has 35 heavy (non-hydrogen) atoms. The molecule has 0 bridgehead atoms. The molecule has 198 valence electrons. The van der Waals surface area contributed by atoms with Crippen LogP contribution >= 0.6 is 11.8 Å². The van der Waals surface area contributed by atoms with Gasteiger partial charge in [0.25, 0.3) is 0 Å². The summed E-state index contributed by atoms with van der Waals surface area (Å²) < 4.78 is 32.7. The van der Waals surface area contributed by atoms with Gasteiger partial charge in [0.15, 0.2) is 18.3 Å². The van der Waals surface area contributed by atoms with Crippen molar-refractivity contribution < 1.29 is 47.6 Å². The number of carbonyl (C=O) groups is 4. The van der Waals surface area contributed by atoms with Crippen LogP contribution in [-0.2, 0) is 47.6 Å². The first-order chi connectivity index (χ1) is 16.6. The Morgan fingerprint density at radius 2 is 1.37 bits per heavy atom. The van der Waals surface area contributed by atoms with Gasteiger partial charge in [-0.15, -0.1) is 18.2 Å². The zero-order chi connectivity index (χ0) is 26.2. The number of carbonyl (C=O) groups excluding carboxylic acids is 4. The maximum atomic E-state index is 11.8. The van der Waals surface area contributed by atoms with Crippen molar-refractivity contribution in [2.24, 2.45) is 0 Å². The molecule has 1 fully saturated rings. The molecule has 0 spiro atoms. The van der Waals surface area contributed by atoms with Crippen LogP contribution in [0.3, 0.4) is 0 Å². The second-order valence-electron chi connectivity index (χ2n) is 7.96. The van der Waals surface area contributed by atoms with Crippen molar-refractivity contribution in [3.8, 4) is 12.3 Å². The van der Waals surface area contributed by atoms with Crippen LogP contribution in [-0.4, -0.2) is 79.3 Å². The predicted octanol–water partition coefficient (Wildman–Crippen LogP) is 2.40. The van der Waals surface area contributed by atoms with E-state index in [-0.39, 0.29) is 6.61 Å². The molecule has 5 atom stereocenters. The van der Waals surface area contributed by atoms with Crippen molar-refractivity contribution in [2.45, 2.75) is 89.7 Å². The molecular weight excluding hydrogens is 480 g/mol. The van der Waals surface area contributed by atoms with Crippen molar-refractivity contribution in [1.82, 2.24) is 0 Å². The summed E-state index contributed by atoms with van der Waals surface area (Å²) in [6.45, 7) is 5.60. The number of ether oxygens (including phenoxy) is 6. The smallest absolute Gasteiger partial charge is 0.303 e. The van der Waals surface area contributed by atoms with Crippen LogP contribution in [0.4, 0.5) is 0 Å². The Kier molecular flexibility index (Phi) is 15.1. The highest BCUT2D eigenvalue weighted by molar-refractivity contribution is 7.99. The number of thioether (sulfide) groups is 1. The van der Waals surface area contributed by atoms with E-state index in [2.05, 4.69) is 5.92 Å². The maximum Gasteiger partial charge on any atom is 0.303 e. The van der Waals surface area contributed by atoms with E-state index in [0.29, 0.717) is 19.0 Å². The van der Waals surface area contributed by atoms with Crippen LogP contribution in [0, 0.1) is 12.3 Å². The van der Waals surface area contributed by atoms with Gasteiger partial charge in [0.2, 0.25) is 0 Å². The van der Waals surface area contributed by atoms with Crippen LogP contribution in [0.5, 0.6) is 0 Å². The monoisotopic (exact) mass is 516 g/mol. The lowest BCUT2D eigenvalue weighted by Crippen LogP contribution is -2.61. The molecule has 0 unspecified atom stereocenters. The fourth-order valence-corrected chi connectivity index (χ4v) is 4.71. The van der Waals surface area contributed by atoms with Gasteiger partial charge in [0.1, 0.15) is 24.8 Å². The second-order valence-corrected chi connectivity index (χ2v) is 9.17. The normalized spacial score (nSPS) is 23.6. The van der Waals surface area contributed by atoms with Gasteiger partial charge in [0.05, 0.1) is 0 Å². The van der Waals surface area contributed by atoms with Crippen molar-refractivity contribution in [3.05, 3.63) is 0 Å². The Balaban J connectivity index is 2.84. The molecule has 0 aromatic heterocycles. The molecule has 1 aliphatic heterocycles. The molecule has 1 saturated heterocycles. The molecule has 0 saturated carbocycles. The van der Waals surface area contributed by atoms with Crippen molar-refractivity contribution in [2.75, 3.05) is 25.6 Å². The summed E-state index contributed by atoms with van der Waals surface area (Å²) in [5.74, 6) is 0.665. The molecule has 1 rings (SSSR count). The first-order valence-corrected chi connectivity index (χ1v) is 12.6. The topological polar surface area (TPSA) is 124 Å². The number of terminal acetylenes is 1. The molecule has 11 heteroatoms. The van der Waals surface area contributed by atoms with Crippen LogP contribution in [0.15, 0.2) is 0 Å². The minimum atomic E-state index is -1.13. The Morgan fingerprint density at radius 1 is 0.800 bits per heavy atom. The Bertz CT molecular complexity index is 734. The molecule has 0 N–H and O–H groups in total. The predicted molar refractivity (Wildman–Crippen MR) is 127 cm³/mol. The lowest BCUT2D eigenvalue weighted by Gasteiger charge is -2.44. The molecule has 1 heterocycles. The first-order valence-electron chi connectivity index (χ1n) is 11.6. The first kappa shape index (κ1) is 30.7. The highest BCUT2D eigenvalue weighted by atomic mass is 32.2. The number of rotatable bonds is 15. The van der Waals surface area contributed by atoms with Gasteiger partial charge in [0, 0.05) is 34.3 Å². The van der Waals surface area contributed by atoms with Crippen molar-refractivity contribution >= 4 is 35.6 Å². The molecule has 0 amide bonds. The third-order valence-corrected chi connectivity index (χ3v) is 6.08. The van der Waals surface area contributed by atoms with Crippen LogP contribution < -0.4 is 0 Å². The van der Waals surface area contributed by atoms with Gasteiger partial charge in [-0.2, -0.15) is 0 Å². The molecule has 0 aromatic carbocycles. The lowest BCUT2D eigenvalue weighted by molar-refractivity contribution is -0.237. The molecular formula is C24H36O10S.